The molecule has 1 unspecified atom stereocenters. The van der Waals surface area contributed by atoms with E-state index in [1.807, 2.05) is 29.1 Å². The second-order valence-electron chi connectivity index (χ2n) is 5.14. The van der Waals surface area contributed by atoms with E-state index >= 15 is 0 Å². The molecule has 108 valence electrons. The Morgan fingerprint density at radius 1 is 1.15 bits per heavy atom. The van der Waals surface area contributed by atoms with Gasteiger partial charge < -0.3 is 10.8 Å². The molecule has 4 heteroatoms. The molecule has 0 bridgehead atoms. The molecule has 0 aliphatic rings. The molecule has 0 aliphatic heterocycles. The second-order valence-corrected chi connectivity index (χ2v) is 5.14. The maximum absolute atomic E-state index is 10.2. The van der Waals surface area contributed by atoms with Crippen molar-refractivity contribution >= 4 is 5.69 Å². The predicted octanol–water partition coefficient (Wildman–Crippen LogP) is 3.10. The molecule has 1 aromatic heterocycles. The molecule has 1 aromatic carbocycles. The topological polar surface area (TPSA) is 64.1 Å². The number of benzene rings is 1. The number of aromatic nitrogens is 2. The number of nitrogens with two attached hydrogens (primary N) is 1. The molecule has 0 radical (unpaired) electrons. The minimum absolute atomic E-state index is 0.442. The van der Waals surface area contributed by atoms with E-state index in [0.717, 1.165) is 24.1 Å². The molecule has 0 saturated heterocycles. The second kappa shape index (κ2) is 6.57. The first-order valence-electron chi connectivity index (χ1n) is 7.21. The first-order chi connectivity index (χ1) is 9.63. The number of nitrogen functional groups attached to an aromatic ring is 1. The summed E-state index contributed by atoms with van der Waals surface area (Å²) < 4.78 is 2.00. The highest BCUT2D eigenvalue weighted by atomic mass is 16.3. The van der Waals surface area contributed by atoms with Crippen molar-refractivity contribution in [2.75, 3.05) is 5.73 Å². The van der Waals surface area contributed by atoms with Crippen molar-refractivity contribution in [3.05, 3.63) is 47.8 Å². The zero-order chi connectivity index (χ0) is 14.5. The molecule has 2 rings (SSSR count). The van der Waals surface area contributed by atoms with E-state index in [0.29, 0.717) is 18.2 Å². The molecule has 2 aromatic rings. The fourth-order valence-electron chi connectivity index (χ4n) is 2.39. The van der Waals surface area contributed by atoms with Crippen molar-refractivity contribution < 1.29 is 5.11 Å². The van der Waals surface area contributed by atoms with Crippen molar-refractivity contribution in [2.45, 2.75) is 45.3 Å². The number of hydrogen-bond donors (Lipinski definition) is 2. The van der Waals surface area contributed by atoms with Crippen molar-refractivity contribution in [1.29, 1.82) is 0 Å². The quantitative estimate of drug-likeness (QED) is 0.795. The normalized spacial score (nSPS) is 12.8. The third kappa shape index (κ3) is 3.39. The van der Waals surface area contributed by atoms with Gasteiger partial charge in [0.1, 0.15) is 0 Å². The summed E-state index contributed by atoms with van der Waals surface area (Å²) in [7, 11) is 0. The Morgan fingerprint density at radius 3 is 2.40 bits per heavy atom. The van der Waals surface area contributed by atoms with Crippen LogP contribution in [0.4, 0.5) is 5.69 Å². The van der Waals surface area contributed by atoms with Gasteiger partial charge in [-0.15, -0.1) is 0 Å². The smallest absolute Gasteiger partial charge is 0.0846 e. The van der Waals surface area contributed by atoms with E-state index in [9.17, 15) is 5.11 Å². The minimum Gasteiger partial charge on any atom is -0.399 e. The first kappa shape index (κ1) is 14.6. The molecule has 4 nitrogen and oxygen atoms in total. The Morgan fingerprint density at radius 2 is 1.80 bits per heavy atom. The molecule has 3 N–H and O–H groups in total. The van der Waals surface area contributed by atoms with Crippen LogP contribution in [-0.2, 0) is 6.42 Å². The van der Waals surface area contributed by atoms with Crippen LogP contribution in [0.2, 0.25) is 0 Å². The van der Waals surface area contributed by atoms with Crippen LogP contribution in [0, 0.1) is 0 Å². The van der Waals surface area contributed by atoms with Crippen LogP contribution in [0.3, 0.4) is 0 Å². The zero-order valence-corrected chi connectivity index (χ0v) is 12.2. The number of nitrogens with zero attached hydrogens (tertiary/aromatic N) is 2. The van der Waals surface area contributed by atoms with Crippen LogP contribution in [0.1, 0.15) is 50.1 Å². The maximum atomic E-state index is 10.2. The average molecular weight is 273 g/mol. The lowest BCUT2D eigenvalue weighted by Crippen LogP contribution is -2.09. The third-order valence-corrected chi connectivity index (χ3v) is 3.70. The number of anilines is 1. The standard InChI is InChI=1S/C16H23N3O/c1-3-15(4-2)19-10-9-14(18-19)11-16(20)12-5-7-13(17)8-6-12/h5-10,15-16,20H,3-4,11,17H2,1-2H3. The van der Waals surface area contributed by atoms with Gasteiger partial charge >= 0.3 is 0 Å². The number of aliphatic hydroxyl groups is 1. The lowest BCUT2D eigenvalue weighted by molar-refractivity contribution is 0.176. The van der Waals surface area contributed by atoms with Gasteiger partial charge in [0.05, 0.1) is 17.8 Å². The van der Waals surface area contributed by atoms with Gasteiger partial charge in [-0.2, -0.15) is 5.10 Å². The van der Waals surface area contributed by atoms with Crippen LogP contribution >= 0.6 is 0 Å². The first-order valence-corrected chi connectivity index (χ1v) is 7.21. The van der Waals surface area contributed by atoms with Gasteiger partial charge in [-0.25, -0.2) is 0 Å². The molecule has 0 aliphatic carbocycles. The third-order valence-electron chi connectivity index (χ3n) is 3.70. The van der Waals surface area contributed by atoms with Crippen molar-refractivity contribution in [3.63, 3.8) is 0 Å². The molecule has 0 amide bonds. The van der Waals surface area contributed by atoms with Gasteiger partial charge in [0.25, 0.3) is 0 Å². The predicted molar refractivity (Wildman–Crippen MR) is 81.4 cm³/mol. The summed E-state index contributed by atoms with van der Waals surface area (Å²) in [5.41, 5.74) is 8.15. The molecular formula is C16H23N3O. The van der Waals surface area contributed by atoms with E-state index in [1.165, 1.54) is 0 Å². The Labute approximate surface area is 120 Å². The largest absolute Gasteiger partial charge is 0.399 e. The van der Waals surface area contributed by atoms with Gasteiger partial charge in [0.15, 0.2) is 0 Å². The van der Waals surface area contributed by atoms with Gasteiger partial charge in [-0.1, -0.05) is 26.0 Å². The summed E-state index contributed by atoms with van der Waals surface area (Å²) in [5, 5.41) is 14.8. The Bertz CT molecular complexity index is 529. The molecule has 0 fully saturated rings. The van der Waals surface area contributed by atoms with E-state index in [2.05, 4.69) is 18.9 Å². The van der Waals surface area contributed by atoms with Crippen LogP contribution < -0.4 is 5.73 Å². The lowest BCUT2D eigenvalue weighted by Gasteiger charge is -2.13. The summed E-state index contributed by atoms with van der Waals surface area (Å²) >= 11 is 0. The van der Waals surface area contributed by atoms with Crippen molar-refractivity contribution in [3.8, 4) is 0 Å². The minimum atomic E-state index is -0.541. The van der Waals surface area contributed by atoms with E-state index in [4.69, 9.17) is 5.73 Å². The van der Waals surface area contributed by atoms with Crippen LogP contribution in [0.25, 0.3) is 0 Å². The van der Waals surface area contributed by atoms with Crippen molar-refractivity contribution in [2.24, 2.45) is 0 Å². The molecule has 1 atom stereocenters. The Kier molecular flexibility index (Phi) is 4.79. The number of aliphatic hydroxyl groups excluding tert-OH is 1. The Balaban J connectivity index is 2.04. The highest BCUT2D eigenvalue weighted by Gasteiger charge is 2.12. The van der Waals surface area contributed by atoms with Gasteiger partial charge in [-0.05, 0) is 36.6 Å². The van der Waals surface area contributed by atoms with Gasteiger partial charge in [-0.3, -0.25) is 4.68 Å². The van der Waals surface area contributed by atoms with Crippen molar-refractivity contribution in [1.82, 2.24) is 9.78 Å². The van der Waals surface area contributed by atoms with Gasteiger partial charge in [0.2, 0.25) is 0 Å². The van der Waals surface area contributed by atoms with Crippen LogP contribution in [-0.4, -0.2) is 14.9 Å². The Hall–Kier alpha value is -1.81. The summed E-state index contributed by atoms with van der Waals surface area (Å²) in [5.74, 6) is 0. The van der Waals surface area contributed by atoms with E-state index in [1.54, 1.807) is 12.1 Å². The SMILES string of the molecule is CCC(CC)n1ccc(CC(O)c2ccc(N)cc2)n1. The van der Waals surface area contributed by atoms with E-state index < -0.39 is 6.10 Å². The fourth-order valence-corrected chi connectivity index (χ4v) is 2.39. The summed E-state index contributed by atoms with van der Waals surface area (Å²) in [6.45, 7) is 4.33. The molecule has 0 spiro atoms. The summed E-state index contributed by atoms with van der Waals surface area (Å²) in [6.07, 6.45) is 4.12. The van der Waals surface area contributed by atoms with Gasteiger partial charge in [0, 0.05) is 18.3 Å². The monoisotopic (exact) mass is 273 g/mol. The number of rotatable bonds is 6. The molecule has 0 saturated carbocycles. The summed E-state index contributed by atoms with van der Waals surface area (Å²) in [6, 6.07) is 9.76. The lowest BCUT2D eigenvalue weighted by atomic mass is 10.0. The molecule has 20 heavy (non-hydrogen) atoms. The van der Waals surface area contributed by atoms with Crippen LogP contribution in [0.5, 0.6) is 0 Å². The molecular weight excluding hydrogens is 250 g/mol. The van der Waals surface area contributed by atoms with Crippen LogP contribution in [0.15, 0.2) is 36.5 Å². The molecule has 1 heterocycles. The highest BCUT2D eigenvalue weighted by Crippen LogP contribution is 2.20. The maximum Gasteiger partial charge on any atom is 0.0846 e. The highest BCUT2D eigenvalue weighted by molar-refractivity contribution is 5.40. The fraction of sp³-hybridized carbons (Fsp3) is 0.438. The average Bonchev–Trinajstić information content (AvgIpc) is 2.89. The van der Waals surface area contributed by atoms with E-state index in [-0.39, 0.29) is 0 Å². The summed E-state index contributed by atoms with van der Waals surface area (Å²) in [4.78, 5) is 0. The number of hydrogen-bond acceptors (Lipinski definition) is 3. The zero-order valence-electron chi connectivity index (χ0n) is 12.2.